The standard InChI is InChI=1S/C8H9F9O/c9-5(10,1-2-18)3-6(11,12)4-7(13,14)8(15,16)17/h18H,1-4H2. The molecule has 110 valence electrons. The molecule has 0 unspecified atom stereocenters. The lowest BCUT2D eigenvalue weighted by atomic mass is 10.0. The minimum absolute atomic E-state index is 1.20. The maximum atomic E-state index is 12.7. The SMILES string of the molecule is OCCC(F)(F)CC(F)(F)CC(F)(F)C(F)(F)F. The van der Waals surface area contributed by atoms with Gasteiger partial charge in [-0.2, -0.15) is 22.0 Å². The number of halogens is 9. The van der Waals surface area contributed by atoms with Gasteiger partial charge in [0.15, 0.2) is 0 Å². The maximum absolute atomic E-state index is 12.7. The summed E-state index contributed by atoms with van der Waals surface area (Å²) in [6.07, 6.45) is -13.2. The van der Waals surface area contributed by atoms with E-state index in [1.165, 1.54) is 0 Å². The van der Waals surface area contributed by atoms with E-state index >= 15 is 0 Å². The van der Waals surface area contributed by atoms with E-state index in [1.54, 1.807) is 0 Å². The van der Waals surface area contributed by atoms with Crippen molar-refractivity contribution < 1.29 is 44.6 Å². The molecule has 0 spiro atoms. The minimum Gasteiger partial charge on any atom is -0.396 e. The van der Waals surface area contributed by atoms with Crippen LogP contribution in [0.3, 0.4) is 0 Å². The lowest BCUT2D eigenvalue weighted by molar-refractivity contribution is -0.304. The predicted molar refractivity (Wildman–Crippen MR) is 41.8 cm³/mol. The third kappa shape index (κ3) is 5.32. The average Bonchev–Trinajstić information content (AvgIpc) is 1.94. The minimum atomic E-state index is -6.23. The number of aliphatic hydroxyl groups excluding tert-OH is 1. The Morgan fingerprint density at radius 2 is 1.11 bits per heavy atom. The first kappa shape index (κ1) is 17.3. The second-order valence-electron chi connectivity index (χ2n) is 3.74. The Hall–Kier alpha value is -0.670. The Labute approximate surface area is 95.6 Å². The van der Waals surface area contributed by atoms with Crippen molar-refractivity contribution >= 4 is 0 Å². The van der Waals surface area contributed by atoms with Crippen molar-refractivity contribution in [3.8, 4) is 0 Å². The molecule has 0 fully saturated rings. The monoisotopic (exact) mass is 292 g/mol. The summed E-state index contributed by atoms with van der Waals surface area (Å²) in [6.45, 7) is -1.20. The first-order valence-corrected chi connectivity index (χ1v) is 4.53. The van der Waals surface area contributed by atoms with Gasteiger partial charge in [0, 0.05) is 13.0 Å². The molecule has 0 rings (SSSR count). The lowest BCUT2D eigenvalue weighted by Gasteiger charge is -2.27. The molecule has 0 aromatic rings. The Morgan fingerprint density at radius 1 is 0.667 bits per heavy atom. The van der Waals surface area contributed by atoms with Gasteiger partial charge in [-0.1, -0.05) is 0 Å². The number of aliphatic hydroxyl groups is 1. The lowest BCUT2D eigenvalue weighted by Crippen LogP contribution is -2.43. The van der Waals surface area contributed by atoms with E-state index in [9.17, 15) is 39.5 Å². The molecule has 0 aliphatic heterocycles. The van der Waals surface area contributed by atoms with E-state index in [4.69, 9.17) is 5.11 Å². The molecule has 1 N–H and O–H groups in total. The van der Waals surface area contributed by atoms with Crippen molar-refractivity contribution in [2.75, 3.05) is 6.61 Å². The summed E-state index contributed by atoms with van der Waals surface area (Å²) < 4.78 is 110. The van der Waals surface area contributed by atoms with Crippen LogP contribution < -0.4 is 0 Å². The van der Waals surface area contributed by atoms with E-state index in [1.807, 2.05) is 0 Å². The molecule has 0 amide bonds. The number of hydrogen-bond acceptors (Lipinski definition) is 1. The number of alkyl halides is 9. The molecule has 18 heavy (non-hydrogen) atoms. The molecule has 0 aliphatic carbocycles. The van der Waals surface area contributed by atoms with Crippen LogP contribution in [0, 0.1) is 0 Å². The molecule has 10 heteroatoms. The second kappa shape index (κ2) is 5.14. The van der Waals surface area contributed by atoms with Gasteiger partial charge in [-0.3, -0.25) is 0 Å². The van der Waals surface area contributed by atoms with Crippen molar-refractivity contribution in [2.45, 2.75) is 43.2 Å². The Bertz CT molecular complexity index is 270. The molecule has 0 saturated heterocycles. The molecule has 1 nitrogen and oxygen atoms in total. The fourth-order valence-electron chi connectivity index (χ4n) is 1.12. The van der Waals surface area contributed by atoms with Crippen molar-refractivity contribution in [2.24, 2.45) is 0 Å². The summed E-state index contributed by atoms with van der Waals surface area (Å²) >= 11 is 0. The predicted octanol–water partition coefficient (Wildman–Crippen LogP) is 3.62. The molecule has 0 atom stereocenters. The van der Waals surface area contributed by atoms with E-state index in [2.05, 4.69) is 0 Å². The van der Waals surface area contributed by atoms with Gasteiger partial charge < -0.3 is 5.11 Å². The molecule has 0 bridgehead atoms. The highest BCUT2D eigenvalue weighted by Gasteiger charge is 2.62. The first-order chi connectivity index (χ1) is 7.72. The van der Waals surface area contributed by atoms with Gasteiger partial charge in [0.1, 0.15) is 0 Å². The van der Waals surface area contributed by atoms with Crippen molar-refractivity contribution in [3.05, 3.63) is 0 Å². The zero-order valence-corrected chi connectivity index (χ0v) is 8.68. The highest BCUT2D eigenvalue weighted by molar-refractivity contribution is 4.86. The number of hydrogen-bond donors (Lipinski definition) is 1. The molecular weight excluding hydrogens is 283 g/mol. The van der Waals surface area contributed by atoms with E-state index in [0.717, 1.165) is 0 Å². The summed E-state index contributed by atoms with van der Waals surface area (Å²) in [4.78, 5) is 0. The highest BCUT2D eigenvalue weighted by Crippen LogP contribution is 2.45. The van der Waals surface area contributed by atoms with Crippen LogP contribution in [0.15, 0.2) is 0 Å². The molecule has 0 aromatic carbocycles. The molecule has 0 aliphatic rings. The zero-order valence-electron chi connectivity index (χ0n) is 8.68. The van der Waals surface area contributed by atoms with Crippen LogP contribution in [0.4, 0.5) is 39.5 Å². The smallest absolute Gasteiger partial charge is 0.396 e. The normalized spacial score (nSPS) is 15.0. The van der Waals surface area contributed by atoms with Gasteiger partial charge in [-0.25, -0.2) is 17.6 Å². The summed E-state index contributed by atoms with van der Waals surface area (Å²) in [5.41, 5.74) is 0. The molecule has 0 radical (unpaired) electrons. The Balaban J connectivity index is 4.76. The third-order valence-corrected chi connectivity index (χ3v) is 1.89. The molecule has 0 aromatic heterocycles. The van der Waals surface area contributed by atoms with Crippen LogP contribution in [0.25, 0.3) is 0 Å². The molecular formula is C8H9F9O. The topological polar surface area (TPSA) is 20.2 Å². The molecule has 0 heterocycles. The summed E-state index contributed by atoms with van der Waals surface area (Å²) in [5, 5.41) is 8.11. The van der Waals surface area contributed by atoms with Gasteiger partial charge >= 0.3 is 12.1 Å². The van der Waals surface area contributed by atoms with E-state index in [0.29, 0.717) is 0 Å². The maximum Gasteiger partial charge on any atom is 0.453 e. The zero-order chi connectivity index (χ0) is 14.8. The fraction of sp³-hybridized carbons (Fsp3) is 1.00. The summed E-state index contributed by atoms with van der Waals surface area (Å²) in [6, 6.07) is 0. The van der Waals surface area contributed by atoms with Crippen LogP contribution >= 0.6 is 0 Å². The van der Waals surface area contributed by atoms with Crippen molar-refractivity contribution in [1.29, 1.82) is 0 Å². The summed E-state index contributed by atoms with van der Waals surface area (Å²) in [7, 11) is 0. The largest absolute Gasteiger partial charge is 0.453 e. The first-order valence-electron chi connectivity index (χ1n) is 4.53. The van der Waals surface area contributed by atoms with E-state index < -0.39 is 49.8 Å². The third-order valence-electron chi connectivity index (χ3n) is 1.89. The van der Waals surface area contributed by atoms with Crippen LogP contribution in [-0.2, 0) is 0 Å². The number of rotatable bonds is 6. The van der Waals surface area contributed by atoms with Gasteiger partial charge in [0.2, 0.25) is 0 Å². The summed E-state index contributed by atoms with van der Waals surface area (Å²) in [5.74, 6) is -14.9. The van der Waals surface area contributed by atoms with E-state index in [-0.39, 0.29) is 0 Å². The highest BCUT2D eigenvalue weighted by atomic mass is 19.4. The average molecular weight is 292 g/mol. The van der Waals surface area contributed by atoms with Gasteiger partial charge in [-0.05, 0) is 0 Å². The van der Waals surface area contributed by atoms with Crippen molar-refractivity contribution in [3.63, 3.8) is 0 Å². The van der Waals surface area contributed by atoms with Crippen LogP contribution in [0.2, 0.25) is 0 Å². The van der Waals surface area contributed by atoms with Gasteiger partial charge in [0.25, 0.3) is 11.8 Å². The Morgan fingerprint density at radius 3 is 1.44 bits per heavy atom. The van der Waals surface area contributed by atoms with Gasteiger partial charge in [0.05, 0.1) is 12.8 Å². The van der Waals surface area contributed by atoms with Crippen molar-refractivity contribution in [1.82, 2.24) is 0 Å². The van der Waals surface area contributed by atoms with Crippen LogP contribution in [-0.4, -0.2) is 35.7 Å². The Kier molecular flexibility index (Phi) is 4.95. The van der Waals surface area contributed by atoms with Crippen LogP contribution in [0.5, 0.6) is 0 Å². The van der Waals surface area contributed by atoms with Gasteiger partial charge in [-0.15, -0.1) is 0 Å². The quantitative estimate of drug-likeness (QED) is 0.741. The van der Waals surface area contributed by atoms with Crippen LogP contribution in [0.1, 0.15) is 19.3 Å². The fourth-order valence-corrected chi connectivity index (χ4v) is 1.12. The second-order valence-corrected chi connectivity index (χ2v) is 3.74. The molecule has 0 saturated carbocycles.